The van der Waals surface area contributed by atoms with E-state index in [0.717, 1.165) is 12.8 Å². The molecule has 2 amide bonds. The van der Waals surface area contributed by atoms with Crippen molar-refractivity contribution in [3.05, 3.63) is 59.7 Å². The van der Waals surface area contributed by atoms with Gasteiger partial charge in [0.2, 0.25) is 0 Å². The van der Waals surface area contributed by atoms with Gasteiger partial charge in [-0.25, -0.2) is 4.79 Å². The van der Waals surface area contributed by atoms with Gasteiger partial charge in [-0.05, 0) is 43.7 Å². The highest BCUT2D eigenvalue weighted by Gasteiger charge is 2.21. The largest absolute Gasteiger partial charge is 0.493 e. The van der Waals surface area contributed by atoms with Crippen LogP contribution in [-0.2, 0) is 9.53 Å². The Morgan fingerprint density at radius 2 is 1.70 bits per heavy atom. The smallest absolute Gasteiger partial charge is 0.339 e. The topological polar surface area (TPSA) is 103 Å². The number of benzene rings is 2. The van der Waals surface area contributed by atoms with Crippen molar-refractivity contribution >= 4 is 17.8 Å². The van der Waals surface area contributed by atoms with Crippen LogP contribution in [0.4, 0.5) is 0 Å². The molecule has 0 saturated heterocycles. The summed E-state index contributed by atoms with van der Waals surface area (Å²) in [5.41, 5.74) is 5.11. The summed E-state index contributed by atoms with van der Waals surface area (Å²) in [4.78, 5) is 36.4. The number of methoxy groups -OCH3 is 1. The van der Waals surface area contributed by atoms with Crippen molar-refractivity contribution in [2.24, 2.45) is 0 Å². The van der Waals surface area contributed by atoms with Crippen LogP contribution in [0.15, 0.2) is 48.5 Å². The molecule has 2 aromatic rings. The van der Waals surface area contributed by atoms with E-state index < -0.39 is 23.9 Å². The molecule has 0 fully saturated rings. The number of ether oxygens (including phenoxy) is 3. The molecule has 0 spiro atoms. The van der Waals surface area contributed by atoms with E-state index in [1.54, 1.807) is 36.4 Å². The Balaban J connectivity index is 1.91. The van der Waals surface area contributed by atoms with Gasteiger partial charge in [0.15, 0.2) is 17.6 Å². The van der Waals surface area contributed by atoms with Gasteiger partial charge in [-0.1, -0.05) is 31.5 Å². The second-order valence-electron chi connectivity index (χ2n) is 6.42. The van der Waals surface area contributed by atoms with Gasteiger partial charge in [0.05, 0.1) is 19.3 Å². The normalized spacial score (nSPS) is 11.2. The van der Waals surface area contributed by atoms with E-state index in [9.17, 15) is 14.4 Å². The van der Waals surface area contributed by atoms with Crippen LogP contribution in [0.25, 0.3) is 0 Å². The zero-order chi connectivity index (χ0) is 21.9. The fourth-order valence-electron chi connectivity index (χ4n) is 2.40. The van der Waals surface area contributed by atoms with Crippen LogP contribution in [-0.4, -0.2) is 37.6 Å². The molecule has 2 aromatic carbocycles. The summed E-state index contributed by atoms with van der Waals surface area (Å²) in [5.74, 6) is -0.930. The van der Waals surface area contributed by atoms with Crippen LogP contribution in [0.1, 0.15) is 47.4 Å². The number of hydrogen-bond acceptors (Lipinski definition) is 6. The predicted molar refractivity (Wildman–Crippen MR) is 110 cm³/mol. The van der Waals surface area contributed by atoms with Gasteiger partial charge in [-0.2, -0.15) is 0 Å². The lowest BCUT2D eigenvalue weighted by molar-refractivity contribution is -0.129. The molecular formula is C22H26N2O6. The van der Waals surface area contributed by atoms with E-state index in [-0.39, 0.29) is 5.56 Å². The first kappa shape index (κ1) is 22.7. The quantitative estimate of drug-likeness (QED) is 0.372. The number of unbranched alkanes of at least 4 members (excludes halogenated alkanes) is 1. The third-order valence-corrected chi connectivity index (χ3v) is 4.14. The van der Waals surface area contributed by atoms with Crippen LogP contribution in [0.5, 0.6) is 11.5 Å². The lowest BCUT2D eigenvalue weighted by Gasteiger charge is -2.15. The Hall–Kier alpha value is -3.55. The second-order valence-corrected chi connectivity index (χ2v) is 6.42. The lowest BCUT2D eigenvalue weighted by Crippen LogP contribution is -2.46. The molecular weight excluding hydrogens is 388 g/mol. The maximum atomic E-state index is 12.4. The average molecular weight is 414 g/mol. The third kappa shape index (κ3) is 6.51. The Morgan fingerprint density at radius 1 is 0.967 bits per heavy atom. The van der Waals surface area contributed by atoms with Crippen LogP contribution in [0.2, 0.25) is 0 Å². The molecule has 0 aromatic heterocycles. The summed E-state index contributed by atoms with van der Waals surface area (Å²) in [6.07, 6.45) is 0.777. The fraction of sp³-hybridized carbons (Fsp3) is 0.318. The minimum atomic E-state index is -1.12. The van der Waals surface area contributed by atoms with Crippen molar-refractivity contribution < 1.29 is 28.6 Å². The number of hydrogen-bond donors (Lipinski definition) is 2. The molecule has 1 atom stereocenters. The Bertz CT molecular complexity index is 869. The highest BCUT2D eigenvalue weighted by Crippen LogP contribution is 2.28. The van der Waals surface area contributed by atoms with E-state index >= 15 is 0 Å². The van der Waals surface area contributed by atoms with Gasteiger partial charge >= 0.3 is 5.97 Å². The zero-order valence-corrected chi connectivity index (χ0v) is 17.3. The number of esters is 1. The maximum Gasteiger partial charge on any atom is 0.339 e. The van der Waals surface area contributed by atoms with Crippen LogP contribution >= 0.6 is 0 Å². The van der Waals surface area contributed by atoms with Crippen molar-refractivity contribution in [3.8, 4) is 11.5 Å². The van der Waals surface area contributed by atoms with Gasteiger partial charge in [-0.3, -0.25) is 20.4 Å². The summed E-state index contributed by atoms with van der Waals surface area (Å²) in [6.45, 7) is 4.01. The minimum Gasteiger partial charge on any atom is -0.493 e. The standard InChI is InChI=1S/C22H26N2O6/c1-4-5-13-29-18-12-11-17(14-19(18)28-3)22(27)30-15(2)20(25)23-24-21(26)16-9-7-6-8-10-16/h6-12,14-15H,4-5,13H2,1-3H3,(H,23,25)(H,24,26)/t15-/m1/s1. The van der Waals surface area contributed by atoms with E-state index in [4.69, 9.17) is 14.2 Å². The molecule has 30 heavy (non-hydrogen) atoms. The molecule has 2 rings (SSSR count). The lowest BCUT2D eigenvalue weighted by atomic mass is 10.2. The van der Waals surface area contributed by atoms with E-state index in [0.29, 0.717) is 23.7 Å². The van der Waals surface area contributed by atoms with Crippen LogP contribution in [0.3, 0.4) is 0 Å². The van der Waals surface area contributed by atoms with Gasteiger partial charge in [0, 0.05) is 5.56 Å². The fourth-order valence-corrected chi connectivity index (χ4v) is 2.40. The Labute approximate surface area is 175 Å². The number of carbonyl (C=O) groups is 3. The molecule has 0 unspecified atom stereocenters. The van der Waals surface area contributed by atoms with Crippen molar-refractivity contribution in [2.45, 2.75) is 32.8 Å². The predicted octanol–water partition coefficient (Wildman–Crippen LogP) is 2.88. The van der Waals surface area contributed by atoms with E-state index in [1.165, 1.54) is 26.2 Å². The number of carbonyl (C=O) groups excluding carboxylic acids is 3. The molecule has 0 aliphatic carbocycles. The van der Waals surface area contributed by atoms with Crippen molar-refractivity contribution in [3.63, 3.8) is 0 Å². The van der Waals surface area contributed by atoms with Gasteiger partial charge < -0.3 is 14.2 Å². The summed E-state index contributed by atoms with van der Waals surface area (Å²) in [6, 6.07) is 13.0. The monoisotopic (exact) mass is 414 g/mol. The Kier molecular flexibility index (Phi) is 8.68. The van der Waals surface area contributed by atoms with E-state index in [2.05, 4.69) is 17.8 Å². The van der Waals surface area contributed by atoms with E-state index in [1.807, 2.05) is 0 Å². The molecule has 0 aliphatic heterocycles. The first-order valence-corrected chi connectivity index (χ1v) is 9.63. The minimum absolute atomic E-state index is 0.211. The van der Waals surface area contributed by atoms with Crippen molar-refractivity contribution in [1.82, 2.24) is 10.9 Å². The third-order valence-electron chi connectivity index (χ3n) is 4.14. The highest BCUT2D eigenvalue weighted by molar-refractivity contribution is 5.96. The summed E-state index contributed by atoms with van der Waals surface area (Å²) >= 11 is 0. The second kappa shape index (κ2) is 11.5. The molecule has 0 aliphatic rings. The molecule has 160 valence electrons. The van der Waals surface area contributed by atoms with Gasteiger partial charge in [-0.15, -0.1) is 0 Å². The maximum absolute atomic E-state index is 12.4. The van der Waals surface area contributed by atoms with Gasteiger partial charge in [0.25, 0.3) is 11.8 Å². The van der Waals surface area contributed by atoms with Gasteiger partial charge in [0.1, 0.15) is 0 Å². The Morgan fingerprint density at radius 3 is 2.37 bits per heavy atom. The molecule has 0 saturated carbocycles. The molecule has 0 bridgehead atoms. The summed E-state index contributed by atoms with van der Waals surface area (Å²) in [7, 11) is 1.47. The van der Waals surface area contributed by atoms with Crippen molar-refractivity contribution in [2.75, 3.05) is 13.7 Å². The number of hydrazine groups is 1. The number of nitrogens with one attached hydrogen (secondary N) is 2. The number of rotatable bonds is 9. The highest BCUT2D eigenvalue weighted by atomic mass is 16.5. The van der Waals surface area contributed by atoms with Crippen molar-refractivity contribution in [1.29, 1.82) is 0 Å². The average Bonchev–Trinajstić information content (AvgIpc) is 2.77. The molecule has 0 heterocycles. The van der Waals surface area contributed by atoms with Crippen LogP contribution < -0.4 is 20.3 Å². The first-order valence-electron chi connectivity index (χ1n) is 9.63. The summed E-state index contributed by atoms with van der Waals surface area (Å²) in [5, 5.41) is 0. The summed E-state index contributed by atoms with van der Waals surface area (Å²) < 4.78 is 16.1. The molecule has 8 nitrogen and oxygen atoms in total. The molecule has 0 radical (unpaired) electrons. The zero-order valence-electron chi connectivity index (χ0n) is 17.3. The van der Waals surface area contributed by atoms with Crippen LogP contribution in [0, 0.1) is 0 Å². The first-order chi connectivity index (χ1) is 14.5. The number of amides is 2. The molecule has 2 N–H and O–H groups in total. The molecule has 8 heteroatoms. The SMILES string of the molecule is CCCCOc1ccc(C(=O)O[C@H](C)C(=O)NNC(=O)c2ccccc2)cc1OC.